The molecule has 5 N–H and O–H groups in total. The molecule has 0 saturated heterocycles. The van der Waals surface area contributed by atoms with Crippen molar-refractivity contribution in [1.29, 1.82) is 0 Å². The second-order valence-corrected chi connectivity index (χ2v) is 4.70. The Morgan fingerprint density at radius 2 is 2.00 bits per heavy atom. The fraction of sp³-hybridized carbons (Fsp3) is 0.0714. The van der Waals surface area contributed by atoms with Crippen molar-refractivity contribution in [3.63, 3.8) is 0 Å². The predicted molar refractivity (Wildman–Crippen MR) is 80.3 cm³/mol. The van der Waals surface area contributed by atoms with Crippen molar-refractivity contribution < 1.29 is 4.79 Å². The second kappa shape index (κ2) is 4.78. The van der Waals surface area contributed by atoms with Gasteiger partial charge in [0, 0.05) is 5.69 Å². The number of aromatic nitrogens is 3. The molecule has 0 unspecified atom stereocenters. The molecule has 0 spiro atoms. The minimum atomic E-state index is -0.301. The van der Waals surface area contributed by atoms with Crippen LogP contribution in [-0.4, -0.2) is 20.9 Å². The summed E-state index contributed by atoms with van der Waals surface area (Å²) in [5, 5.41) is 2.76. The zero-order chi connectivity index (χ0) is 15.0. The molecule has 0 aliphatic carbocycles. The first-order chi connectivity index (χ1) is 10.0. The lowest BCUT2D eigenvalue weighted by molar-refractivity contribution is 0.102. The summed E-state index contributed by atoms with van der Waals surface area (Å²) in [6.45, 7) is 1.74. The molecule has 0 bridgehead atoms. The maximum Gasteiger partial charge on any atom is 0.323 e. The third-order valence-corrected chi connectivity index (χ3v) is 3.13. The van der Waals surface area contributed by atoms with Crippen molar-refractivity contribution in [1.82, 2.24) is 15.0 Å². The molecule has 0 atom stereocenters. The third-order valence-electron chi connectivity index (χ3n) is 3.13. The molecule has 1 amide bonds. The van der Waals surface area contributed by atoms with Gasteiger partial charge in [0.05, 0.1) is 34.2 Å². The van der Waals surface area contributed by atoms with E-state index in [2.05, 4.69) is 20.3 Å². The number of aryl methyl sites for hydroxylation is 1. The highest BCUT2D eigenvalue weighted by Gasteiger charge is 2.11. The average Bonchev–Trinajstić information content (AvgIpc) is 2.80. The van der Waals surface area contributed by atoms with Gasteiger partial charge in [0.2, 0.25) is 0 Å². The van der Waals surface area contributed by atoms with Crippen molar-refractivity contribution in [2.24, 2.45) is 0 Å². The van der Waals surface area contributed by atoms with Crippen LogP contribution in [0.3, 0.4) is 0 Å². The first kappa shape index (κ1) is 12.9. The summed E-state index contributed by atoms with van der Waals surface area (Å²) < 4.78 is 0. The van der Waals surface area contributed by atoms with E-state index in [1.54, 1.807) is 31.2 Å². The summed E-state index contributed by atoms with van der Waals surface area (Å²) in [7, 11) is 0. The number of benzene rings is 1. The van der Waals surface area contributed by atoms with Gasteiger partial charge in [0.1, 0.15) is 0 Å². The number of pyridine rings is 1. The van der Waals surface area contributed by atoms with Gasteiger partial charge in [-0.25, -0.2) is 4.79 Å². The van der Waals surface area contributed by atoms with Crippen molar-refractivity contribution >= 4 is 28.3 Å². The van der Waals surface area contributed by atoms with E-state index in [0.717, 1.165) is 0 Å². The van der Waals surface area contributed by atoms with E-state index in [-0.39, 0.29) is 11.6 Å². The fourth-order valence-electron chi connectivity index (χ4n) is 2.09. The summed E-state index contributed by atoms with van der Waals surface area (Å²) in [6, 6.07) is 6.68. The molecule has 7 heteroatoms. The normalized spacial score (nSPS) is 10.7. The number of fused-ring (bicyclic) bond motifs is 1. The van der Waals surface area contributed by atoms with Crippen molar-refractivity contribution in [3.8, 4) is 0 Å². The van der Waals surface area contributed by atoms with Crippen molar-refractivity contribution in [2.75, 3.05) is 11.1 Å². The molecule has 2 aromatic heterocycles. The molecule has 0 saturated carbocycles. The Kier molecular flexibility index (Phi) is 2.94. The number of carbonyl (C=O) groups excluding carboxylic acids is 1. The summed E-state index contributed by atoms with van der Waals surface area (Å²) in [6.07, 6.45) is 1.50. The van der Waals surface area contributed by atoms with Crippen LogP contribution in [0.2, 0.25) is 0 Å². The number of H-pyrrole nitrogens is 2. The Hall–Kier alpha value is -3.09. The van der Waals surface area contributed by atoms with Gasteiger partial charge in [0.15, 0.2) is 0 Å². The number of amides is 1. The van der Waals surface area contributed by atoms with Gasteiger partial charge in [0.25, 0.3) is 5.91 Å². The second-order valence-electron chi connectivity index (χ2n) is 4.70. The van der Waals surface area contributed by atoms with Crippen LogP contribution in [-0.2, 0) is 0 Å². The first-order valence-corrected chi connectivity index (χ1v) is 6.28. The van der Waals surface area contributed by atoms with Gasteiger partial charge in [-0.05, 0) is 31.2 Å². The summed E-state index contributed by atoms with van der Waals surface area (Å²) in [5.74, 6) is -0.301. The molecule has 0 aliphatic rings. The zero-order valence-electron chi connectivity index (χ0n) is 11.2. The minimum Gasteiger partial charge on any atom is -0.397 e. The molecule has 2 heterocycles. The van der Waals surface area contributed by atoms with E-state index < -0.39 is 0 Å². The van der Waals surface area contributed by atoms with Gasteiger partial charge in [-0.3, -0.25) is 9.78 Å². The van der Waals surface area contributed by atoms with Crippen LogP contribution in [0, 0.1) is 6.92 Å². The maximum atomic E-state index is 12.2. The molecule has 7 nitrogen and oxygen atoms in total. The smallest absolute Gasteiger partial charge is 0.323 e. The number of hydrogen-bond acceptors (Lipinski definition) is 4. The Labute approximate surface area is 119 Å². The van der Waals surface area contributed by atoms with Crippen LogP contribution >= 0.6 is 0 Å². The molecule has 0 aliphatic heterocycles. The average molecular weight is 283 g/mol. The standard InChI is InChI=1S/C14H13N5O2/c1-7-10(4-8(15)6-16-7)13(20)17-9-2-3-11-12(5-9)19-14(21)18-11/h2-6H,15H2,1H3,(H,17,20)(H2,18,19,21). The Morgan fingerprint density at radius 3 is 2.81 bits per heavy atom. The zero-order valence-corrected chi connectivity index (χ0v) is 11.2. The predicted octanol–water partition coefficient (Wildman–Crippen LogP) is 1.39. The Bertz CT molecular complexity index is 894. The number of carbonyl (C=O) groups is 1. The quantitative estimate of drug-likeness (QED) is 0.568. The molecular formula is C14H13N5O2. The lowest BCUT2D eigenvalue weighted by Crippen LogP contribution is -2.14. The number of aromatic amines is 2. The largest absolute Gasteiger partial charge is 0.397 e. The van der Waals surface area contributed by atoms with Crippen molar-refractivity contribution in [2.45, 2.75) is 6.92 Å². The maximum absolute atomic E-state index is 12.2. The van der Waals surface area contributed by atoms with Crippen LogP contribution in [0.15, 0.2) is 35.3 Å². The minimum absolute atomic E-state index is 0.288. The van der Waals surface area contributed by atoms with Gasteiger partial charge in [-0.2, -0.15) is 0 Å². The van der Waals surface area contributed by atoms with Crippen molar-refractivity contribution in [3.05, 3.63) is 52.2 Å². The van der Waals surface area contributed by atoms with Crippen LogP contribution in [0.5, 0.6) is 0 Å². The lowest BCUT2D eigenvalue weighted by Gasteiger charge is -2.08. The Morgan fingerprint density at radius 1 is 1.24 bits per heavy atom. The van der Waals surface area contributed by atoms with E-state index in [9.17, 15) is 9.59 Å². The molecule has 3 rings (SSSR count). The molecule has 0 fully saturated rings. The number of rotatable bonds is 2. The molecule has 0 radical (unpaired) electrons. The molecular weight excluding hydrogens is 270 g/mol. The molecule has 106 valence electrons. The topological polar surface area (TPSA) is 117 Å². The van der Waals surface area contributed by atoms with Gasteiger partial charge >= 0.3 is 5.69 Å². The molecule has 1 aromatic carbocycles. The van der Waals surface area contributed by atoms with Crippen LogP contribution < -0.4 is 16.7 Å². The van der Waals surface area contributed by atoms with Crippen LogP contribution in [0.25, 0.3) is 11.0 Å². The number of hydrogen-bond donors (Lipinski definition) is 4. The van der Waals surface area contributed by atoms with E-state index in [4.69, 9.17) is 5.73 Å². The molecule has 3 aromatic rings. The van der Waals surface area contributed by atoms with Gasteiger partial charge in [-0.1, -0.05) is 0 Å². The number of nitrogens with one attached hydrogen (secondary N) is 3. The number of nitrogens with zero attached hydrogens (tertiary/aromatic N) is 1. The van der Waals surface area contributed by atoms with Gasteiger partial charge < -0.3 is 21.0 Å². The molecule has 21 heavy (non-hydrogen) atoms. The van der Waals surface area contributed by atoms with E-state index in [1.807, 2.05) is 0 Å². The number of nitrogen functional groups attached to an aromatic ring is 1. The first-order valence-electron chi connectivity index (χ1n) is 6.28. The highest BCUT2D eigenvalue weighted by atomic mass is 16.2. The fourth-order valence-corrected chi connectivity index (χ4v) is 2.09. The van der Waals surface area contributed by atoms with Crippen LogP contribution in [0.1, 0.15) is 16.1 Å². The van der Waals surface area contributed by atoms with Crippen LogP contribution in [0.4, 0.5) is 11.4 Å². The number of imidazole rings is 1. The monoisotopic (exact) mass is 283 g/mol. The summed E-state index contributed by atoms with van der Waals surface area (Å²) >= 11 is 0. The third kappa shape index (κ3) is 2.48. The van der Waals surface area contributed by atoms with E-state index >= 15 is 0 Å². The SMILES string of the molecule is Cc1ncc(N)cc1C(=O)Nc1ccc2[nH]c(=O)[nH]c2c1. The van der Waals surface area contributed by atoms with E-state index in [1.165, 1.54) is 6.20 Å². The number of nitrogens with two attached hydrogens (primary N) is 1. The summed E-state index contributed by atoms with van der Waals surface area (Å²) in [5.41, 5.74) is 8.68. The van der Waals surface area contributed by atoms with E-state index in [0.29, 0.717) is 33.7 Å². The van der Waals surface area contributed by atoms with Gasteiger partial charge in [-0.15, -0.1) is 0 Å². The Balaban J connectivity index is 1.92. The lowest BCUT2D eigenvalue weighted by atomic mass is 10.1. The number of anilines is 2. The highest BCUT2D eigenvalue weighted by Crippen LogP contribution is 2.17. The highest BCUT2D eigenvalue weighted by molar-refractivity contribution is 6.06. The summed E-state index contributed by atoms with van der Waals surface area (Å²) in [4.78, 5) is 32.8.